The predicted molar refractivity (Wildman–Crippen MR) is 128 cm³/mol. The zero-order chi connectivity index (χ0) is 25.1. The summed E-state index contributed by atoms with van der Waals surface area (Å²) in [5.41, 5.74) is 2.60. The number of nitrogens with zero attached hydrogens (tertiary/aromatic N) is 4. The van der Waals surface area contributed by atoms with Crippen molar-refractivity contribution in [2.45, 2.75) is 58.9 Å². The van der Waals surface area contributed by atoms with Gasteiger partial charge in [0.1, 0.15) is 23.6 Å². The Morgan fingerprint density at radius 2 is 2.00 bits per heavy atom. The van der Waals surface area contributed by atoms with Crippen LogP contribution in [-0.2, 0) is 18.3 Å². The Morgan fingerprint density at radius 1 is 1.26 bits per heavy atom. The molecule has 1 saturated carbocycles. The Morgan fingerprint density at radius 3 is 2.63 bits per heavy atom. The van der Waals surface area contributed by atoms with E-state index in [-0.39, 0.29) is 17.3 Å². The topological polar surface area (TPSA) is 115 Å². The molecule has 1 atom stereocenters. The predicted octanol–water partition coefficient (Wildman–Crippen LogP) is 4.04. The van der Waals surface area contributed by atoms with E-state index >= 15 is 0 Å². The normalized spacial score (nSPS) is 18.8. The number of hydrogen-bond donors (Lipinski definition) is 2. The van der Waals surface area contributed by atoms with Gasteiger partial charge in [0.15, 0.2) is 5.82 Å². The first-order valence-corrected chi connectivity index (χ1v) is 12.0. The summed E-state index contributed by atoms with van der Waals surface area (Å²) < 4.78 is 21.5. The number of aromatic nitrogens is 4. The molecule has 0 bridgehead atoms. The minimum atomic E-state index is -0.781. The summed E-state index contributed by atoms with van der Waals surface area (Å²) in [6.07, 6.45) is 8.47. The molecule has 3 heterocycles. The van der Waals surface area contributed by atoms with Crippen LogP contribution < -0.4 is 10.6 Å². The van der Waals surface area contributed by atoms with Gasteiger partial charge in [-0.15, -0.1) is 0 Å². The molecule has 3 aromatic heterocycles. The molecular formula is C25H31FN6O3. The van der Waals surface area contributed by atoms with Gasteiger partial charge in [0.25, 0.3) is 5.91 Å². The molecule has 2 N–H and O–H groups in total. The second kappa shape index (κ2) is 10.4. The Kier molecular flexibility index (Phi) is 7.28. The van der Waals surface area contributed by atoms with Gasteiger partial charge in [0, 0.05) is 13.1 Å². The third-order valence-corrected chi connectivity index (χ3v) is 6.78. The van der Waals surface area contributed by atoms with Gasteiger partial charge in [0.05, 0.1) is 29.5 Å². The molecule has 1 aliphatic rings. The largest absolute Gasteiger partial charge is 0.364 e. The number of carbonyl (C=O) groups is 2. The molecule has 4 rings (SSSR count). The highest BCUT2D eigenvalue weighted by atomic mass is 19.1. The Bertz CT molecular complexity index is 1190. The quantitative estimate of drug-likeness (QED) is 0.525. The number of hydrogen-bond acceptors (Lipinski definition) is 6. The Labute approximate surface area is 203 Å². The number of nitrogens with one attached hydrogen (secondary N) is 2. The summed E-state index contributed by atoms with van der Waals surface area (Å²) in [6.45, 7) is 5.89. The van der Waals surface area contributed by atoms with Crippen LogP contribution in [0.1, 0.15) is 61.1 Å². The van der Waals surface area contributed by atoms with Crippen LogP contribution in [-0.4, -0.2) is 37.8 Å². The van der Waals surface area contributed by atoms with Crippen LogP contribution in [0.25, 0.3) is 11.4 Å². The molecule has 10 heteroatoms. The highest BCUT2D eigenvalue weighted by molar-refractivity contribution is 6.01. The van der Waals surface area contributed by atoms with E-state index in [9.17, 15) is 14.0 Å². The zero-order valence-corrected chi connectivity index (χ0v) is 20.5. The van der Waals surface area contributed by atoms with Crippen molar-refractivity contribution < 1.29 is 18.5 Å². The summed E-state index contributed by atoms with van der Waals surface area (Å²) in [6, 6.07) is 0.459. The summed E-state index contributed by atoms with van der Waals surface area (Å²) >= 11 is 0. The van der Waals surface area contributed by atoms with Gasteiger partial charge >= 0.3 is 0 Å². The molecule has 186 valence electrons. The molecule has 1 fully saturated rings. The molecule has 2 amide bonds. The number of amides is 2. The minimum Gasteiger partial charge on any atom is -0.364 e. The van der Waals surface area contributed by atoms with E-state index in [1.165, 1.54) is 18.5 Å². The summed E-state index contributed by atoms with van der Waals surface area (Å²) in [5, 5.41) is 13.6. The molecule has 0 spiro atoms. The molecule has 35 heavy (non-hydrogen) atoms. The lowest BCUT2D eigenvalue weighted by atomic mass is 9.79. The molecule has 0 radical (unpaired) electrons. The number of halogens is 1. The van der Waals surface area contributed by atoms with Gasteiger partial charge in [-0.3, -0.25) is 14.3 Å². The fourth-order valence-corrected chi connectivity index (χ4v) is 4.72. The van der Waals surface area contributed by atoms with E-state index in [1.807, 2.05) is 13.8 Å². The van der Waals surface area contributed by atoms with Crippen molar-refractivity contribution >= 4 is 17.5 Å². The lowest BCUT2D eigenvalue weighted by Gasteiger charge is -2.32. The highest BCUT2D eigenvalue weighted by Crippen LogP contribution is 2.31. The minimum absolute atomic E-state index is 0.0331. The molecule has 9 nitrogen and oxygen atoms in total. The van der Waals surface area contributed by atoms with Crippen molar-refractivity contribution in [2.24, 2.45) is 18.9 Å². The van der Waals surface area contributed by atoms with Crippen LogP contribution in [0.2, 0.25) is 0 Å². The van der Waals surface area contributed by atoms with Crippen molar-refractivity contribution in [3.8, 4) is 11.4 Å². The molecule has 3 aromatic rings. The molecule has 0 saturated heterocycles. The summed E-state index contributed by atoms with van der Waals surface area (Å²) in [4.78, 5) is 30.6. The van der Waals surface area contributed by atoms with Crippen molar-refractivity contribution in [2.75, 3.05) is 5.32 Å². The molecule has 1 aliphatic carbocycles. The molecule has 1 unspecified atom stereocenters. The van der Waals surface area contributed by atoms with Crippen LogP contribution in [0.5, 0.6) is 0 Å². The number of pyridine rings is 1. The fraction of sp³-hybridized carbons (Fsp3) is 0.480. The molecular weight excluding hydrogens is 451 g/mol. The van der Waals surface area contributed by atoms with E-state index in [1.54, 1.807) is 17.9 Å². The number of rotatable bonds is 7. The first-order valence-electron chi connectivity index (χ1n) is 12.0. The van der Waals surface area contributed by atoms with Crippen LogP contribution >= 0.6 is 0 Å². The van der Waals surface area contributed by atoms with Gasteiger partial charge in [0.2, 0.25) is 5.91 Å². The second-order valence-electron chi connectivity index (χ2n) is 9.34. The average Bonchev–Trinajstić information content (AvgIpc) is 3.44. The van der Waals surface area contributed by atoms with Gasteiger partial charge in [-0.05, 0) is 43.6 Å². The van der Waals surface area contributed by atoms with Crippen molar-refractivity contribution in [1.82, 2.24) is 25.2 Å². The number of aryl methyl sites for hydroxylation is 3. The number of carbonyl (C=O) groups excluding carboxylic acids is 2. The van der Waals surface area contributed by atoms with Gasteiger partial charge in [-0.1, -0.05) is 31.8 Å². The monoisotopic (exact) mass is 482 g/mol. The van der Waals surface area contributed by atoms with Gasteiger partial charge < -0.3 is 15.2 Å². The van der Waals surface area contributed by atoms with Crippen LogP contribution in [0.15, 0.2) is 29.2 Å². The zero-order valence-electron chi connectivity index (χ0n) is 20.5. The maximum absolute atomic E-state index is 15.0. The maximum atomic E-state index is 15.0. The lowest BCUT2D eigenvalue weighted by molar-refractivity contribution is -0.119. The van der Waals surface area contributed by atoms with Crippen LogP contribution in [0, 0.1) is 24.6 Å². The number of anilines is 1. The van der Waals surface area contributed by atoms with Crippen molar-refractivity contribution in [3.63, 3.8) is 0 Å². The van der Waals surface area contributed by atoms with E-state index in [4.69, 9.17) is 4.52 Å². The smallest absolute Gasteiger partial charge is 0.257 e. The Hall–Kier alpha value is -3.56. The van der Waals surface area contributed by atoms with Crippen LogP contribution in [0.4, 0.5) is 10.1 Å². The molecule has 0 aromatic carbocycles. The Balaban J connectivity index is 1.55. The highest BCUT2D eigenvalue weighted by Gasteiger charge is 2.33. The van der Waals surface area contributed by atoms with E-state index in [2.05, 4.69) is 32.8 Å². The first-order chi connectivity index (χ1) is 16.8. The second-order valence-corrected chi connectivity index (χ2v) is 9.34. The summed E-state index contributed by atoms with van der Waals surface area (Å²) in [5.74, 6) is -0.837. The van der Waals surface area contributed by atoms with E-state index in [0.717, 1.165) is 31.2 Å². The first kappa shape index (κ1) is 24.6. The standard InChI is InChI=1S/C25H31FN6O3/c1-5-20-18(13-35-31-20)24(33)30-21(16-8-6-14(2)7-9-16)25(34)29-17-10-19(26)22(27-12-17)23-15(3)11-28-32(23)4/h10-14,16,21H,5-9H2,1-4H3,(H,29,34)(H,30,33). The average molecular weight is 483 g/mol. The van der Waals surface area contributed by atoms with Gasteiger partial charge in [-0.2, -0.15) is 5.10 Å². The maximum Gasteiger partial charge on any atom is 0.257 e. The van der Waals surface area contributed by atoms with Gasteiger partial charge in [-0.25, -0.2) is 9.37 Å². The summed E-state index contributed by atoms with van der Waals surface area (Å²) in [7, 11) is 1.72. The lowest BCUT2D eigenvalue weighted by Crippen LogP contribution is -2.49. The molecule has 0 aliphatic heterocycles. The van der Waals surface area contributed by atoms with E-state index in [0.29, 0.717) is 29.3 Å². The van der Waals surface area contributed by atoms with E-state index < -0.39 is 23.7 Å². The third kappa shape index (κ3) is 5.26. The van der Waals surface area contributed by atoms with Crippen LogP contribution in [0.3, 0.4) is 0 Å². The van der Waals surface area contributed by atoms with Crippen molar-refractivity contribution in [1.29, 1.82) is 0 Å². The third-order valence-electron chi connectivity index (χ3n) is 6.78. The van der Waals surface area contributed by atoms with Crippen molar-refractivity contribution in [3.05, 3.63) is 47.4 Å². The fourth-order valence-electron chi connectivity index (χ4n) is 4.72. The SMILES string of the molecule is CCc1nocc1C(=O)NC(C(=O)Nc1cnc(-c2c(C)cnn2C)c(F)c1)C1CCC(C)CC1.